The van der Waals surface area contributed by atoms with Gasteiger partial charge in [0.05, 0.1) is 6.20 Å². The molecular weight excluding hydrogens is 235 g/mol. The van der Waals surface area contributed by atoms with Crippen molar-refractivity contribution in [3.8, 4) is 0 Å². The standard InChI is InChI=1S/C13H21FN2S/c1-5-16-12(9-17-13(2,3)4)10-6-11(14)8-15-7-10/h6-8,12,16H,5,9H2,1-4H3. The number of pyridine rings is 1. The Morgan fingerprint density at radius 3 is 2.65 bits per heavy atom. The van der Waals surface area contributed by atoms with Gasteiger partial charge in [0.2, 0.25) is 0 Å². The van der Waals surface area contributed by atoms with Gasteiger partial charge >= 0.3 is 0 Å². The van der Waals surface area contributed by atoms with Gasteiger partial charge < -0.3 is 5.32 Å². The van der Waals surface area contributed by atoms with Gasteiger partial charge in [-0.3, -0.25) is 4.98 Å². The minimum atomic E-state index is -0.272. The van der Waals surface area contributed by atoms with Crippen molar-refractivity contribution in [2.75, 3.05) is 12.3 Å². The van der Waals surface area contributed by atoms with Crippen LogP contribution in [0.15, 0.2) is 18.5 Å². The molecule has 0 aliphatic heterocycles. The number of nitrogens with one attached hydrogen (secondary N) is 1. The van der Waals surface area contributed by atoms with Gasteiger partial charge in [0.15, 0.2) is 0 Å². The number of nitrogens with zero attached hydrogens (tertiary/aromatic N) is 1. The lowest BCUT2D eigenvalue weighted by Crippen LogP contribution is -2.25. The average Bonchev–Trinajstić information content (AvgIpc) is 2.23. The monoisotopic (exact) mass is 256 g/mol. The molecule has 0 saturated heterocycles. The molecule has 1 rings (SSSR count). The van der Waals surface area contributed by atoms with Gasteiger partial charge in [-0.15, -0.1) is 0 Å². The van der Waals surface area contributed by atoms with Crippen molar-refractivity contribution in [2.45, 2.75) is 38.5 Å². The van der Waals surface area contributed by atoms with Crippen LogP contribution in [0.25, 0.3) is 0 Å². The smallest absolute Gasteiger partial charge is 0.141 e. The van der Waals surface area contributed by atoms with Crippen LogP contribution in [0.3, 0.4) is 0 Å². The van der Waals surface area contributed by atoms with Crippen LogP contribution in [0, 0.1) is 5.82 Å². The Labute approximate surface area is 107 Å². The fraction of sp³-hybridized carbons (Fsp3) is 0.615. The van der Waals surface area contributed by atoms with Crippen LogP contribution in [-0.2, 0) is 0 Å². The summed E-state index contributed by atoms with van der Waals surface area (Å²) in [4.78, 5) is 3.91. The number of aromatic nitrogens is 1. The molecule has 96 valence electrons. The zero-order valence-electron chi connectivity index (χ0n) is 11.0. The molecule has 0 saturated carbocycles. The molecule has 0 radical (unpaired) electrons. The van der Waals surface area contributed by atoms with Crippen LogP contribution in [0.1, 0.15) is 39.3 Å². The highest BCUT2D eigenvalue weighted by Gasteiger charge is 2.17. The molecule has 0 amide bonds. The molecule has 1 heterocycles. The molecular formula is C13H21FN2S. The lowest BCUT2D eigenvalue weighted by atomic mass is 10.1. The molecule has 1 N–H and O–H groups in total. The van der Waals surface area contributed by atoms with E-state index in [2.05, 4.69) is 38.0 Å². The molecule has 0 aromatic carbocycles. The van der Waals surface area contributed by atoms with Crippen LogP contribution in [-0.4, -0.2) is 22.0 Å². The third-order valence-corrected chi connectivity index (χ3v) is 3.63. The summed E-state index contributed by atoms with van der Waals surface area (Å²) in [6, 6.07) is 1.72. The summed E-state index contributed by atoms with van der Waals surface area (Å²) in [5, 5.41) is 3.37. The summed E-state index contributed by atoms with van der Waals surface area (Å²) in [6.45, 7) is 9.48. The van der Waals surface area contributed by atoms with E-state index in [0.717, 1.165) is 17.9 Å². The van der Waals surface area contributed by atoms with Crippen molar-refractivity contribution in [3.63, 3.8) is 0 Å². The molecule has 1 aromatic heterocycles. The highest BCUT2D eigenvalue weighted by atomic mass is 32.2. The lowest BCUT2D eigenvalue weighted by Gasteiger charge is -2.23. The molecule has 1 unspecified atom stereocenters. The number of thioether (sulfide) groups is 1. The van der Waals surface area contributed by atoms with Gasteiger partial charge in [-0.05, 0) is 18.2 Å². The molecule has 0 aliphatic carbocycles. The lowest BCUT2D eigenvalue weighted by molar-refractivity contribution is 0.581. The van der Waals surface area contributed by atoms with E-state index >= 15 is 0 Å². The summed E-state index contributed by atoms with van der Waals surface area (Å²) in [6.07, 6.45) is 2.98. The molecule has 0 bridgehead atoms. The fourth-order valence-corrected chi connectivity index (χ4v) is 2.45. The second-order valence-corrected chi connectivity index (χ2v) is 6.82. The Kier molecular flexibility index (Phi) is 5.40. The van der Waals surface area contributed by atoms with Crippen LogP contribution in [0.5, 0.6) is 0 Å². The number of halogens is 1. The van der Waals surface area contributed by atoms with Crippen LogP contribution < -0.4 is 5.32 Å². The van der Waals surface area contributed by atoms with Gasteiger partial charge in [-0.2, -0.15) is 11.8 Å². The van der Waals surface area contributed by atoms with E-state index in [0.29, 0.717) is 0 Å². The van der Waals surface area contributed by atoms with Crippen LogP contribution in [0.4, 0.5) is 4.39 Å². The number of rotatable bonds is 5. The summed E-state index contributed by atoms with van der Waals surface area (Å²) < 4.78 is 13.4. The largest absolute Gasteiger partial charge is 0.309 e. The van der Waals surface area contributed by atoms with E-state index < -0.39 is 0 Å². The predicted molar refractivity (Wildman–Crippen MR) is 72.8 cm³/mol. The van der Waals surface area contributed by atoms with Gasteiger partial charge in [-0.1, -0.05) is 27.7 Å². The first-order valence-corrected chi connectivity index (χ1v) is 6.88. The minimum absolute atomic E-state index is 0.160. The second kappa shape index (κ2) is 6.36. The predicted octanol–water partition coefficient (Wildman–Crippen LogP) is 3.40. The maximum atomic E-state index is 13.1. The summed E-state index contributed by atoms with van der Waals surface area (Å²) in [5.74, 6) is 0.647. The molecule has 1 atom stereocenters. The molecule has 0 fully saturated rings. The second-order valence-electron chi connectivity index (χ2n) is 4.97. The Bertz CT molecular complexity index is 350. The summed E-state index contributed by atoms with van der Waals surface area (Å²) >= 11 is 1.87. The maximum Gasteiger partial charge on any atom is 0.141 e. The topological polar surface area (TPSA) is 24.9 Å². The Balaban J connectivity index is 2.71. The van der Waals surface area contributed by atoms with E-state index in [1.54, 1.807) is 12.3 Å². The fourth-order valence-electron chi connectivity index (χ4n) is 1.47. The zero-order valence-corrected chi connectivity index (χ0v) is 11.8. The first-order chi connectivity index (χ1) is 7.92. The number of hydrogen-bond acceptors (Lipinski definition) is 3. The highest BCUT2D eigenvalue weighted by molar-refractivity contribution is 8.00. The zero-order chi connectivity index (χ0) is 12.9. The average molecular weight is 256 g/mol. The molecule has 0 aliphatic rings. The molecule has 0 spiro atoms. The van der Waals surface area contributed by atoms with Crippen molar-refractivity contribution >= 4 is 11.8 Å². The maximum absolute atomic E-state index is 13.1. The molecule has 1 aromatic rings. The molecule has 17 heavy (non-hydrogen) atoms. The molecule has 2 nitrogen and oxygen atoms in total. The van der Waals surface area contributed by atoms with E-state index in [1.165, 1.54) is 6.20 Å². The van der Waals surface area contributed by atoms with E-state index in [4.69, 9.17) is 0 Å². The van der Waals surface area contributed by atoms with Gasteiger partial charge in [-0.25, -0.2) is 4.39 Å². The van der Waals surface area contributed by atoms with Gasteiger partial charge in [0.1, 0.15) is 5.82 Å². The van der Waals surface area contributed by atoms with E-state index in [-0.39, 0.29) is 16.6 Å². The highest BCUT2D eigenvalue weighted by Crippen LogP contribution is 2.28. The minimum Gasteiger partial charge on any atom is -0.309 e. The third-order valence-electron chi connectivity index (χ3n) is 2.26. The number of hydrogen-bond donors (Lipinski definition) is 1. The van der Waals surface area contributed by atoms with Gasteiger partial charge in [0, 0.05) is 22.7 Å². The third kappa shape index (κ3) is 5.50. The first kappa shape index (κ1) is 14.5. The quantitative estimate of drug-likeness (QED) is 0.874. The van der Waals surface area contributed by atoms with Gasteiger partial charge in [0.25, 0.3) is 0 Å². The van der Waals surface area contributed by atoms with Crippen molar-refractivity contribution in [3.05, 3.63) is 29.8 Å². The van der Waals surface area contributed by atoms with Crippen molar-refractivity contribution in [1.29, 1.82) is 0 Å². The Hall–Kier alpha value is -0.610. The van der Waals surface area contributed by atoms with Crippen LogP contribution in [0.2, 0.25) is 0 Å². The summed E-state index contributed by atoms with van der Waals surface area (Å²) in [5.41, 5.74) is 0.920. The van der Waals surface area contributed by atoms with Crippen LogP contribution >= 0.6 is 11.8 Å². The summed E-state index contributed by atoms with van der Waals surface area (Å²) in [7, 11) is 0. The van der Waals surface area contributed by atoms with E-state index in [9.17, 15) is 4.39 Å². The Morgan fingerprint density at radius 1 is 1.41 bits per heavy atom. The van der Waals surface area contributed by atoms with E-state index in [1.807, 2.05) is 11.8 Å². The van der Waals surface area contributed by atoms with Crippen molar-refractivity contribution < 1.29 is 4.39 Å². The van der Waals surface area contributed by atoms with Crippen molar-refractivity contribution in [1.82, 2.24) is 10.3 Å². The normalized spacial score (nSPS) is 13.7. The first-order valence-electron chi connectivity index (χ1n) is 5.90. The Morgan fingerprint density at radius 2 is 2.12 bits per heavy atom. The molecule has 4 heteroatoms. The SMILES string of the molecule is CCNC(CSC(C)(C)C)c1cncc(F)c1. The van der Waals surface area contributed by atoms with Crippen molar-refractivity contribution in [2.24, 2.45) is 0 Å².